The molecule has 2 atom stereocenters. The van der Waals surface area contributed by atoms with Gasteiger partial charge in [-0.25, -0.2) is 0 Å². The van der Waals surface area contributed by atoms with Gasteiger partial charge in [0.1, 0.15) is 0 Å². The number of aromatic nitrogens is 2. The molecule has 0 radical (unpaired) electrons. The van der Waals surface area contributed by atoms with Crippen molar-refractivity contribution in [1.82, 2.24) is 20.0 Å². The lowest BCUT2D eigenvalue weighted by Crippen LogP contribution is -2.50. The highest BCUT2D eigenvalue weighted by molar-refractivity contribution is 5.38. The van der Waals surface area contributed by atoms with E-state index in [9.17, 15) is 0 Å². The highest BCUT2D eigenvalue weighted by Gasteiger charge is 2.26. The maximum Gasteiger partial charge on any atom is 0.151 e. The van der Waals surface area contributed by atoms with Gasteiger partial charge in [-0.1, -0.05) is 27.7 Å². The van der Waals surface area contributed by atoms with E-state index in [4.69, 9.17) is 0 Å². The van der Waals surface area contributed by atoms with Crippen LogP contribution in [0, 0.1) is 11.8 Å². The van der Waals surface area contributed by atoms with Gasteiger partial charge in [0, 0.05) is 38.3 Å². The lowest BCUT2D eigenvalue weighted by atomic mass is 9.86. The zero-order valence-electron chi connectivity index (χ0n) is 20.3. The number of likely N-dealkylation sites (tertiary alicyclic amines) is 1. The summed E-state index contributed by atoms with van der Waals surface area (Å²) in [6, 6.07) is 5.66. The molecule has 1 aromatic heterocycles. The molecular formula is C25H45N5. The molecule has 5 nitrogen and oxygen atoms in total. The molecule has 3 heterocycles. The quantitative estimate of drug-likeness (QED) is 0.618. The van der Waals surface area contributed by atoms with E-state index < -0.39 is 0 Å². The first-order chi connectivity index (χ1) is 14.3. The number of anilines is 1. The summed E-state index contributed by atoms with van der Waals surface area (Å²) in [6.07, 6.45) is 5.39. The Labute approximate surface area is 185 Å². The summed E-state index contributed by atoms with van der Waals surface area (Å²) < 4.78 is 0. The molecule has 2 fully saturated rings. The third-order valence-corrected chi connectivity index (χ3v) is 7.67. The van der Waals surface area contributed by atoms with Crippen LogP contribution in [0.25, 0.3) is 0 Å². The minimum Gasteiger partial charge on any atom is -0.353 e. The fourth-order valence-corrected chi connectivity index (χ4v) is 5.08. The van der Waals surface area contributed by atoms with Gasteiger partial charge < -0.3 is 9.80 Å². The average Bonchev–Trinajstić information content (AvgIpc) is 2.77. The first kappa shape index (κ1) is 23.5. The van der Waals surface area contributed by atoms with Crippen LogP contribution in [0.5, 0.6) is 0 Å². The molecule has 0 saturated carbocycles. The van der Waals surface area contributed by atoms with E-state index in [1.807, 2.05) is 0 Å². The predicted octanol–water partition coefficient (Wildman–Crippen LogP) is 4.65. The van der Waals surface area contributed by atoms with Crippen LogP contribution in [0.1, 0.15) is 78.8 Å². The van der Waals surface area contributed by atoms with Crippen LogP contribution in [0.3, 0.4) is 0 Å². The van der Waals surface area contributed by atoms with Crippen LogP contribution < -0.4 is 4.90 Å². The Morgan fingerprint density at radius 3 is 1.80 bits per heavy atom. The molecule has 170 valence electrons. The third-order valence-electron chi connectivity index (χ3n) is 7.67. The fourth-order valence-electron chi connectivity index (χ4n) is 5.08. The molecule has 2 aliphatic heterocycles. The van der Waals surface area contributed by atoms with Gasteiger partial charge in [0.05, 0.1) is 5.69 Å². The summed E-state index contributed by atoms with van der Waals surface area (Å²) in [5.74, 6) is 3.26. The third kappa shape index (κ3) is 6.16. The van der Waals surface area contributed by atoms with Crippen molar-refractivity contribution < 1.29 is 0 Å². The van der Waals surface area contributed by atoms with E-state index in [0.717, 1.165) is 55.6 Å². The number of rotatable bonds is 8. The zero-order chi connectivity index (χ0) is 21.7. The Hall–Kier alpha value is -1.20. The highest BCUT2D eigenvalue weighted by Crippen LogP contribution is 2.26. The normalized spacial score (nSPS) is 22.1. The van der Waals surface area contributed by atoms with Crippen molar-refractivity contribution in [3.8, 4) is 0 Å². The molecule has 5 heteroatoms. The molecule has 0 bridgehead atoms. The smallest absolute Gasteiger partial charge is 0.151 e. The van der Waals surface area contributed by atoms with Crippen LogP contribution in [0.2, 0.25) is 0 Å². The maximum atomic E-state index is 4.47. The van der Waals surface area contributed by atoms with Gasteiger partial charge in [0.2, 0.25) is 0 Å². The topological polar surface area (TPSA) is 35.5 Å². The number of piperidine rings is 1. The standard InChI is InChI=1S/C25H45N5/c1-19(2)23-11-13-28(14-12-23)21(5)7-8-22(6)29-15-17-30(18-16-29)25-10-9-24(20(3)4)26-27-25/h9-10,19-23H,7-8,11-18H2,1-6H3. The Morgan fingerprint density at radius 2 is 1.33 bits per heavy atom. The van der Waals surface area contributed by atoms with E-state index in [1.54, 1.807) is 0 Å². The average molecular weight is 416 g/mol. The molecule has 2 saturated heterocycles. The minimum atomic E-state index is 0.438. The van der Waals surface area contributed by atoms with Gasteiger partial charge in [0.25, 0.3) is 0 Å². The lowest BCUT2D eigenvalue weighted by molar-refractivity contribution is 0.107. The van der Waals surface area contributed by atoms with Crippen LogP contribution in [-0.4, -0.2) is 71.3 Å². The minimum absolute atomic E-state index is 0.438. The monoisotopic (exact) mass is 415 g/mol. The van der Waals surface area contributed by atoms with Gasteiger partial charge in [-0.15, -0.1) is 5.10 Å². The Kier molecular flexibility index (Phi) is 8.52. The van der Waals surface area contributed by atoms with Gasteiger partial charge in [-0.3, -0.25) is 4.90 Å². The second-order valence-corrected chi connectivity index (χ2v) is 10.4. The van der Waals surface area contributed by atoms with E-state index in [-0.39, 0.29) is 0 Å². The van der Waals surface area contributed by atoms with Crippen LogP contribution in [0.15, 0.2) is 12.1 Å². The molecule has 0 spiro atoms. The van der Waals surface area contributed by atoms with Gasteiger partial charge in [-0.05, 0) is 82.5 Å². The van der Waals surface area contributed by atoms with Gasteiger partial charge in [0.15, 0.2) is 5.82 Å². The Morgan fingerprint density at radius 1 is 0.767 bits per heavy atom. The molecule has 2 unspecified atom stereocenters. The predicted molar refractivity (Wildman–Crippen MR) is 127 cm³/mol. The van der Waals surface area contributed by atoms with Crippen molar-refractivity contribution in [3.63, 3.8) is 0 Å². The molecule has 30 heavy (non-hydrogen) atoms. The van der Waals surface area contributed by atoms with Crippen molar-refractivity contribution in [1.29, 1.82) is 0 Å². The molecule has 0 aliphatic carbocycles. The van der Waals surface area contributed by atoms with Crippen molar-refractivity contribution >= 4 is 5.82 Å². The summed E-state index contributed by atoms with van der Waals surface area (Å²) >= 11 is 0. The number of hydrogen-bond acceptors (Lipinski definition) is 5. The SMILES string of the molecule is CC(C)c1ccc(N2CCN(C(C)CCC(C)N3CCC(C(C)C)CC3)CC2)nn1. The molecule has 2 aliphatic rings. The molecule has 0 N–H and O–H groups in total. The largest absolute Gasteiger partial charge is 0.353 e. The van der Waals surface area contributed by atoms with Gasteiger partial charge >= 0.3 is 0 Å². The second-order valence-electron chi connectivity index (χ2n) is 10.4. The number of piperazine rings is 1. The second kappa shape index (κ2) is 10.9. The van der Waals surface area contributed by atoms with Crippen LogP contribution >= 0.6 is 0 Å². The van der Waals surface area contributed by atoms with Crippen LogP contribution in [-0.2, 0) is 0 Å². The first-order valence-corrected chi connectivity index (χ1v) is 12.4. The van der Waals surface area contributed by atoms with Crippen molar-refractivity contribution in [2.45, 2.75) is 85.2 Å². The van der Waals surface area contributed by atoms with Crippen molar-refractivity contribution in [2.75, 3.05) is 44.2 Å². The highest BCUT2D eigenvalue weighted by atomic mass is 15.3. The van der Waals surface area contributed by atoms with Crippen LogP contribution in [0.4, 0.5) is 5.82 Å². The summed E-state index contributed by atoms with van der Waals surface area (Å²) in [6.45, 7) is 20.9. The molecule has 1 aromatic rings. The number of nitrogens with zero attached hydrogens (tertiary/aromatic N) is 5. The summed E-state index contributed by atoms with van der Waals surface area (Å²) in [7, 11) is 0. The lowest BCUT2D eigenvalue weighted by Gasteiger charge is -2.40. The van der Waals surface area contributed by atoms with E-state index in [1.165, 1.54) is 38.8 Å². The maximum absolute atomic E-state index is 4.47. The van der Waals surface area contributed by atoms with Crippen molar-refractivity contribution in [3.05, 3.63) is 17.8 Å². The van der Waals surface area contributed by atoms with E-state index >= 15 is 0 Å². The summed E-state index contributed by atoms with van der Waals surface area (Å²) in [4.78, 5) is 7.80. The molecule has 0 amide bonds. The van der Waals surface area contributed by atoms with E-state index in [0.29, 0.717) is 12.0 Å². The Bertz CT molecular complexity index is 613. The van der Waals surface area contributed by atoms with E-state index in [2.05, 4.69) is 78.6 Å². The number of hydrogen-bond donors (Lipinski definition) is 0. The summed E-state index contributed by atoms with van der Waals surface area (Å²) in [5.41, 5.74) is 1.08. The van der Waals surface area contributed by atoms with Crippen molar-refractivity contribution in [2.24, 2.45) is 11.8 Å². The Balaban J connectivity index is 1.38. The van der Waals surface area contributed by atoms with Gasteiger partial charge in [-0.2, -0.15) is 5.10 Å². The first-order valence-electron chi connectivity index (χ1n) is 12.4. The molecular weight excluding hydrogens is 370 g/mol. The molecule has 0 aromatic carbocycles. The zero-order valence-corrected chi connectivity index (χ0v) is 20.3. The fraction of sp³-hybridized carbons (Fsp3) is 0.840. The molecule has 3 rings (SSSR count). The summed E-state index contributed by atoms with van der Waals surface area (Å²) in [5, 5.41) is 8.88.